The molecule has 0 radical (unpaired) electrons. The topological polar surface area (TPSA) is 77.2 Å². The lowest BCUT2D eigenvalue weighted by molar-refractivity contribution is 0.294. The number of aromatic nitrogens is 3. The van der Waals surface area contributed by atoms with Crippen LogP contribution in [0.4, 0.5) is 5.82 Å². The van der Waals surface area contributed by atoms with Crippen molar-refractivity contribution in [3.8, 4) is 17.1 Å². The fourth-order valence-corrected chi connectivity index (χ4v) is 3.72. The van der Waals surface area contributed by atoms with Gasteiger partial charge in [-0.25, -0.2) is 9.97 Å². The van der Waals surface area contributed by atoms with E-state index in [0.29, 0.717) is 10.9 Å². The predicted molar refractivity (Wildman–Crippen MR) is 110 cm³/mol. The number of aryl methyl sites for hydroxylation is 1. The molecule has 0 unspecified atom stereocenters. The maximum Gasteiger partial charge on any atom is 0.258 e. The van der Waals surface area contributed by atoms with Crippen molar-refractivity contribution in [3.05, 3.63) is 64.1 Å². The van der Waals surface area contributed by atoms with E-state index in [9.17, 15) is 0 Å². The van der Waals surface area contributed by atoms with Gasteiger partial charge in [0.25, 0.3) is 5.88 Å². The molecule has 0 amide bonds. The summed E-state index contributed by atoms with van der Waals surface area (Å²) in [5, 5.41) is 0.559. The molecule has 0 aliphatic carbocycles. The van der Waals surface area contributed by atoms with E-state index < -0.39 is 0 Å². The third kappa shape index (κ3) is 3.93. The fraction of sp³-hybridized carbons (Fsp3) is 0.286. The summed E-state index contributed by atoms with van der Waals surface area (Å²) in [6.45, 7) is 4.45. The Morgan fingerprint density at radius 1 is 1.21 bits per heavy atom. The Labute approximate surface area is 169 Å². The summed E-state index contributed by atoms with van der Waals surface area (Å²) in [5.41, 5.74) is 12.6. The van der Waals surface area contributed by atoms with Gasteiger partial charge in [0.2, 0.25) is 0 Å². The molecule has 0 saturated carbocycles. The Hall–Kier alpha value is -2.70. The number of likely N-dealkylation sites (N-methyl/N-ethyl adjacent to an activating group) is 1. The number of ether oxygens (including phenoxy) is 1. The Morgan fingerprint density at radius 2 is 2.07 bits per heavy atom. The van der Waals surface area contributed by atoms with Gasteiger partial charge in [-0.1, -0.05) is 11.6 Å². The van der Waals surface area contributed by atoms with Crippen molar-refractivity contribution in [1.82, 2.24) is 19.9 Å². The molecule has 7 heteroatoms. The summed E-state index contributed by atoms with van der Waals surface area (Å²) in [6, 6.07) is 6.16. The summed E-state index contributed by atoms with van der Waals surface area (Å²) < 4.78 is 5.79. The van der Waals surface area contributed by atoms with E-state index in [4.69, 9.17) is 22.1 Å². The van der Waals surface area contributed by atoms with Gasteiger partial charge in [-0.3, -0.25) is 4.98 Å². The number of anilines is 1. The lowest BCUT2D eigenvalue weighted by atomic mass is 9.92. The van der Waals surface area contributed by atoms with Gasteiger partial charge in [-0.2, -0.15) is 0 Å². The first-order chi connectivity index (χ1) is 13.5. The second kappa shape index (κ2) is 7.73. The molecule has 1 aromatic carbocycles. The summed E-state index contributed by atoms with van der Waals surface area (Å²) in [7, 11) is 2.14. The minimum atomic E-state index is 0.258. The number of benzene rings is 1. The van der Waals surface area contributed by atoms with Crippen molar-refractivity contribution >= 4 is 17.4 Å². The van der Waals surface area contributed by atoms with Gasteiger partial charge >= 0.3 is 0 Å². The van der Waals surface area contributed by atoms with Crippen LogP contribution in [-0.4, -0.2) is 33.4 Å². The van der Waals surface area contributed by atoms with Crippen LogP contribution in [0.1, 0.15) is 22.3 Å². The number of rotatable bonds is 4. The molecule has 0 saturated heterocycles. The molecule has 2 aromatic heterocycles. The number of fused-ring (bicyclic) bond motifs is 1. The van der Waals surface area contributed by atoms with Gasteiger partial charge in [0, 0.05) is 36.6 Å². The molecule has 6 nitrogen and oxygen atoms in total. The smallest absolute Gasteiger partial charge is 0.258 e. The van der Waals surface area contributed by atoms with Gasteiger partial charge < -0.3 is 15.4 Å². The molecule has 2 N–H and O–H groups in total. The summed E-state index contributed by atoms with van der Waals surface area (Å²) >= 11 is 5.97. The molecule has 144 valence electrons. The standard InChI is InChI=1S/C21H22ClN5O/c1-13-5-15(7-16-11-27(2)4-3-18(13)16)19-10-25-20(23)21(26-19)28-12-14-6-17(22)9-24-8-14/h5-10H,3-4,11-12H2,1-2H3,(H2,23,25). The Bertz CT molecular complexity index is 1020. The molecular formula is C21H22ClN5O. The summed E-state index contributed by atoms with van der Waals surface area (Å²) in [6.07, 6.45) is 6.04. The van der Waals surface area contributed by atoms with Crippen molar-refractivity contribution in [2.45, 2.75) is 26.5 Å². The zero-order chi connectivity index (χ0) is 19.7. The lowest BCUT2D eigenvalue weighted by Crippen LogP contribution is -2.27. The van der Waals surface area contributed by atoms with E-state index in [1.807, 2.05) is 0 Å². The Morgan fingerprint density at radius 3 is 2.89 bits per heavy atom. The first-order valence-electron chi connectivity index (χ1n) is 9.15. The zero-order valence-electron chi connectivity index (χ0n) is 15.9. The van der Waals surface area contributed by atoms with E-state index in [1.165, 1.54) is 16.7 Å². The molecule has 3 aromatic rings. The molecule has 0 atom stereocenters. The van der Waals surface area contributed by atoms with E-state index in [2.05, 4.69) is 46.0 Å². The van der Waals surface area contributed by atoms with Crippen LogP contribution in [0.5, 0.6) is 5.88 Å². The molecule has 0 bridgehead atoms. The number of hydrogen-bond donors (Lipinski definition) is 1. The first-order valence-corrected chi connectivity index (χ1v) is 9.53. The maximum atomic E-state index is 5.97. The van der Waals surface area contributed by atoms with E-state index in [1.54, 1.807) is 24.7 Å². The van der Waals surface area contributed by atoms with Crippen LogP contribution >= 0.6 is 11.6 Å². The van der Waals surface area contributed by atoms with Gasteiger partial charge in [0.05, 0.1) is 16.9 Å². The van der Waals surface area contributed by atoms with Crippen LogP contribution in [0, 0.1) is 6.92 Å². The van der Waals surface area contributed by atoms with Gasteiger partial charge in [0.15, 0.2) is 5.82 Å². The quantitative estimate of drug-likeness (QED) is 0.726. The zero-order valence-corrected chi connectivity index (χ0v) is 16.7. The van der Waals surface area contributed by atoms with Crippen LogP contribution in [0.15, 0.2) is 36.8 Å². The highest BCUT2D eigenvalue weighted by Gasteiger charge is 2.17. The van der Waals surface area contributed by atoms with Crippen molar-refractivity contribution in [2.75, 3.05) is 19.3 Å². The number of nitrogens with two attached hydrogens (primary N) is 1. The molecule has 1 aliphatic heterocycles. The molecule has 0 fully saturated rings. The number of halogens is 1. The first kappa shape index (κ1) is 18.7. The monoisotopic (exact) mass is 395 g/mol. The molecule has 28 heavy (non-hydrogen) atoms. The third-order valence-electron chi connectivity index (χ3n) is 4.95. The Kier molecular flexibility index (Phi) is 5.15. The number of pyridine rings is 1. The second-order valence-electron chi connectivity index (χ2n) is 7.16. The van der Waals surface area contributed by atoms with Crippen LogP contribution in [0.3, 0.4) is 0 Å². The molecule has 0 spiro atoms. The number of nitrogens with zero attached hydrogens (tertiary/aromatic N) is 4. The SMILES string of the molecule is Cc1cc(-c2cnc(N)c(OCc3cncc(Cl)c3)n2)cc2c1CCN(C)C2. The molecule has 3 heterocycles. The normalized spacial score (nSPS) is 14.0. The highest BCUT2D eigenvalue weighted by molar-refractivity contribution is 6.30. The van der Waals surface area contributed by atoms with E-state index >= 15 is 0 Å². The average Bonchev–Trinajstić information content (AvgIpc) is 2.67. The largest absolute Gasteiger partial charge is 0.470 e. The van der Waals surface area contributed by atoms with Gasteiger partial charge in [-0.15, -0.1) is 0 Å². The van der Waals surface area contributed by atoms with Crippen molar-refractivity contribution < 1.29 is 4.74 Å². The van der Waals surface area contributed by atoms with Gasteiger partial charge in [0.1, 0.15) is 6.61 Å². The summed E-state index contributed by atoms with van der Waals surface area (Å²) in [5.74, 6) is 0.568. The van der Waals surface area contributed by atoms with Crippen LogP contribution in [0.25, 0.3) is 11.3 Å². The van der Waals surface area contributed by atoms with Crippen molar-refractivity contribution in [2.24, 2.45) is 0 Å². The van der Waals surface area contributed by atoms with E-state index in [0.717, 1.165) is 36.3 Å². The minimum absolute atomic E-state index is 0.258. The summed E-state index contributed by atoms with van der Waals surface area (Å²) in [4.78, 5) is 15.3. The maximum absolute atomic E-state index is 5.97. The van der Waals surface area contributed by atoms with Crippen LogP contribution in [0.2, 0.25) is 5.02 Å². The molecule has 1 aliphatic rings. The predicted octanol–water partition coefficient (Wildman–Crippen LogP) is 3.65. The third-order valence-corrected chi connectivity index (χ3v) is 5.16. The van der Waals surface area contributed by atoms with Gasteiger partial charge in [-0.05, 0) is 55.3 Å². The highest BCUT2D eigenvalue weighted by atomic mass is 35.5. The van der Waals surface area contributed by atoms with E-state index in [-0.39, 0.29) is 12.4 Å². The lowest BCUT2D eigenvalue weighted by Gasteiger charge is -2.27. The Balaban J connectivity index is 1.62. The average molecular weight is 396 g/mol. The number of hydrogen-bond acceptors (Lipinski definition) is 6. The minimum Gasteiger partial charge on any atom is -0.470 e. The molecule has 4 rings (SSSR count). The van der Waals surface area contributed by atoms with Crippen LogP contribution < -0.4 is 10.5 Å². The van der Waals surface area contributed by atoms with Crippen LogP contribution in [-0.2, 0) is 19.6 Å². The fourth-order valence-electron chi connectivity index (χ4n) is 3.52. The highest BCUT2D eigenvalue weighted by Crippen LogP contribution is 2.30. The molecular weight excluding hydrogens is 374 g/mol. The second-order valence-corrected chi connectivity index (χ2v) is 7.60. The number of nitrogen functional groups attached to an aromatic ring is 1. The van der Waals surface area contributed by atoms with Crippen molar-refractivity contribution in [1.29, 1.82) is 0 Å². The van der Waals surface area contributed by atoms with Crippen molar-refractivity contribution in [3.63, 3.8) is 0 Å².